The molecule has 0 atom stereocenters. The number of carbonyl (C=O) groups excluding carboxylic acids is 1. The van der Waals surface area contributed by atoms with Crippen molar-refractivity contribution in [3.63, 3.8) is 0 Å². The second-order valence-electron chi connectivity index (χ2n) is 7.11. The minimum Gasteiger partial charge on any atom is -0.486 e. The fourth-order valence-electron chi connectivity index (χ4n) is 3.02. The van der Waals surface area contributed by atoms with Gasteiger partial charge in [-0.15, -0.1) is 5.10 Å². The summed E-state index contributed by atoms with van der Waals surface area (Å²) in [7, 11) is 0. The molecule has 2 aromatic rings. The van der Waals surface area contributed by atoms with Gasteiger partial charge in [0, 0.05) is 5.92 Å². The summed E-state index contributed by atoms with van der Waals surface area (Å²) in [5, 5.41) is 9.88. The second-order valence-corrected chi connectivity index (χ2v) is 7.11. The van der Waals surface area contributed by atoms with E-state index in [0.717, 1.165) is 24.2 Å². The van der Waals surface area contributed by atoms with Gasteiger partial charge in [0.1, 0.15) is 19.0 Å². The number of rotatable bonds is 4. The van der Waals surface area contributed by atoms with Crippen molar-refractivity contribution in [2.75, 3.05) is 18.5 Å². The number of amides is 1. The number of aromatic nitrogens is 3. The Labute approximate surface area is 146 Å². The van der Waals surface area contributed by atoms with Crippen LogP contribution in [0.25, 0.3) is 0 Å². The maximum Gasteiger partial charge on any atom is 0.248 e. The van der Waals surface area contributed by atoms with Crippen molar-refractivity contribution in [2.24, 2.45) is 0 Å². The van der Waals surface area contributed by atoms with Gasteiger partial charge in [-0.25, -0.2) is 0 Å². The van der Waals surface area contributed by atoms with Gasteiger partial charge in [-0.2, -0.15) is 4.98 Å². The molecule has 2 heterocycles. The molecular formula is C18H22N4O3. The largest absolute Gasteiger partial charge is 0.486 e. The van der Waals surface area contributed by atoms with Crippen LogP contribution in [0.5, 0.6) is 11.5 Å². The lowest BCUT2D eigenvalue weighted by Crippen LogP contribution is -2.35. The summed E-state index contributed by atoms with van der Waals surface area (Å²) in [6.07, 6.45) is 3.49. The summed E-state index contributed by atoms with van der Waals surface area (Å²) in [4.78, 5) is 17.2. The van der Waals surface area contributed by atoms with Gasteiger partial charge in [-0.05, 0) is 44.4 Å². The Kier molecular flexibility index (Phi) is 3.86. The first-order valence-electron chi connectivity index (χ1n) is 8.68. The van der Waals surface area contributed by atoms with Crippen LogP contribution in [0.4, 0.5) is 5.95 Å². The lowest BCUT2D eigenvalue weighted by Gasteiger charge is -2.26. The normalized spacial score (nSPS) is 17.0. The van der Waals surface area contributed by atoms with Crippen LogP contribution in [0.3, 0.4) is 0 Å². The average Bonchev–Trinajstić information content (AvgIpc) is 3.00. The molecule has 1 aromatic heterocycles. The second kappa shape index (κ2) is 6.06. The molecule has 0 unspecified atom stereocenters. The van der Waals surface area contributed by atoms with Crippen molar-refractivity contribution in [1.29, 1.82) is 0 Å². The number of ether oxygens (including phenoxy) is 2. The van der Waals surface area contributed by atoms with Crippen molar-refractivity contribution in [1.82, 2.24) is 15.2 Å². The minimum atomic E-state index is -0.757. The average molecular weight is 342 g/mol. The predicted molar refractivity (Wildman–Crippen MR) is 92.1 cm³/mol. The maximum atomic E-state index is 12.8. The van der Waals surface area contributed by atoms with Crippen molar-refractivity contribution in [2.45, 2.75) is 44.4 Å². The smallest absolute Gasteiger partial charge is 0.248 e. The van der Waals surface area contributed by atoms with E-state index in [1.807, 2.05) is 32.0 Å². The summed E-state index contributed by atoms with van der Waals surface area (Å²) < 4.78 is 11.2. The number of nitrogens with zero attached hydrogens (tertiary/aromatic N) is 2. The van der Waals surface area contributed by atoms with E-state index in [1.54, 1.807) is 0 Å². The molecule has 7 nitrogen and oxygen atoms in total. The van der Waals surface area contributed by atoms with Gasteiger partial charge in [0.15, 0.2) is 11.5 Å². The first-order chi connectivity index (χ1) is 12.0. The highest BCUT2D eigenvalue weighted by Gasteiger charge is 2.32. The van der Waals surface area contributed by atoms with Crippen LogP contribution in [0, 0.1) is 0 Å². The molecule has 0 spiro atoms. The van der Waals surface area contributed by atoms with E-state index in [-0.39, 0.29) is 5.91 Å². The zero-order chi connectivity index (χ0) is 17.4. The number of nitrogens with one attached hydrogen (secondary N) is 2. The van der Waals surface area contributed by atoms with Gasteiger partial charge in [-0.3, -0.25) is 15.2 Å². The summed E-state index contributed by atoms with van der Waals surface area (Å²) in [5.74, 6) is 2.86. The Morgan fingerprint density at radius 1 is 1.24 bits per heavy atom. The highest BCUT2D eigenvalue weighted by Crippen LogP contribution is 2.36. The molecule has 1 aliphatic heterocycles. The van der Waals surface area contributed by atoms with Crippen LogP contribution >= 0.6 is 0 Å². The van der Waals surface area contributed by atoms with E-state index < -0.39 is 5.41 Å². The van der Waals surface area contributed by atoms with E-state index in [2.05, 4.69) is 20.5 Å². The van der Waals surface area contributed by atoms with E-state index in [9.17, 15) is 4.79 Å². The number of benzene rings is 1. The van der Waals surface area contributed by atoms with Crippen LogP contribution in [-0.4, -0.2) is 34.3 Å². The van der Waals surface area contributed by atoms with Crippen molar-refractivity contribution in [3.05, 3.63) is 29.6 Å². The SMILES string of the molecule is CC(C)(C(=O)Nc1n[nH]c(C2CCC2)n1)c1ccc2c(c1)OCCO2. The fraction of sp³-hybridized carbons (Fsp3) is 0.500. The number of fused-ring (bicyclic) bond motifs is 1. The number of carbonyl (C=O) groups is 1. The summed E-state index contributed by atoms with van der Waals surface area (Å²) in [5.41, 5.74) is 0.0941. The monoisotopic (exact) mass is 342 g/mol. The van der Waals surface area contributed by atoms with Crippen LogP contribution < -0.4 is 14.8 Å². The molecular weight excluding hydrogens is 320 g/mol. The molecule has 25 heavy (non-hydrogen) atoms. The summed E-state index contributed by atoms with van der Waals surface area (Å²) in [6.45, 7) is 4.80. The number of aromatic amines is 1. The zero-order valence-electron chi connectivity index (χ0n) is 14.5. The molecule has 1 amide bonds. The number of H-pyrrole nitrogens is 1. The number of hydrogen-bond donors (Lipinski definition) is 2. The molecule has 1 saturated carbocycles. The van der Waals surface area contributed by atoms with Gasteiger partial charge in [0.2, 0.25) is 11.9 Å². The lowest BCUT2D eigenvalue weighted by molar-refractivity contribution is -0.120. The van der Waals surface area contributed by atoms with E-state index in [1.165, 1.54) is 6.42 Å². The zero-order valence-corrected chi connectivity index (χ0v) is 14.5. The van der Waals surface area contributed by atoms with Crippen molar-refractivity contribution >= 4 is 11.9 Å². The molecule has 1 aliphatic carbocycles. The lowest BCUT2D eigenvalue weighted by atomic mass is 9.83. The molecule has 2 aliphatic rings. The molecule has 4 rings (SSSR count). The predicted octanol–water partition coefficient (Wildman–Crippen LogP) is 2.76. The van der Waals surface area contributed by atoms with Crippen LogP contribution in [0.1, 0.15) is 50.4 Å². The Morgan fingerprint density at radius 2 is 2.00 bits per heavy atom. The van der Waals surface area contributed by atoms with Crippen molar-refractivity contribution in [3.8, 4) is 11.5 Å². The first kappa shape index (κ1) is 15.9. The van der Waals surface area contributed by atoms with Crippen LogP contribution in [0.15, 0.2) is 18.2 Å². The van der Waals surface area contributed by atoms with E-state index >= 15 is 0 Å². The fourth-order valence-corrected chi connectivity index (χ4v) is 3.02. The molecule has 0 saturated heterocycles. The Balaban J connectivity index is 1.50. The maximum absolute atomic E-state index is 12.8. The van der Waals surface area contributed by atoms with Gasteiger partial charge >= 0.3 is 0 Å². The van der Waals surface area contributed by atoms with E-state index in [0.29, 0.717) is 36.6 Å². The third kappa shape index (κ3) is 2.94. The number of anilines is 1. The third-order valence-corrected chi connectivity index (χ3v) is 5.05. The molecule has 132 valence electrons. The first-order valence-corrected chi connectivity index (χ1v) is 8.68. The minimum absolute atomic E-state index is 0.164. The molecule has 0 radical (unpaired) electrons. The van der Waals surface area contributed by atoms with Crippen LogP contribution in [0.2, 0.25) is 0 Å². The van der Waals surface area contributed by atoms with Crippen LogP contribution in [-0.2, 0) is 10.2 Å². The van der Waals surface area contributed by atoms with Gasteiger partial charge in [-0.1, -0.05) is 12.5 Å². The Hall–Kier alpha value is -2.57. The summed E-state index contributed by atoms with van der Waals surface area (Å²) in [6, 6.07) is 5.61. The molecule has 1 fully saturated rings. The topological polar surface area (TPSA) is 89.1 Å². The molecule has 7 heteroatoms. The highest BCUT2D eigenvalue weighted by atomic mass is 16.6. The molecule has 2 N–H and O–H groups in total. The number of hydrogen-bond acceptors (Lipinski definition) is 5. The van der Waals surface area contributed by atoms with Gasteiger partial charge < -0.3 is 9.47 Å². The van der Waals surface area contributed by atoms with Crippen molar-refractivity contribution < 1.29 is 14.3 Å². The van der Waals surface area contributed by atoms with Gasteiger partial charge in [0.05, 0.1) is 5.41 Å². The molecule has 1 aromatic carbocycles. The quantitative estimate of drug-likeness (QED) is 0.892. The summed E-state index contributed by atoms with van der Waals surface area (Å²) >= 11 is 0. The Morgan fingerprint density at radius 3 is 2.72 bits per heavy atom. The standard InChI is InChI=1S/C18H22N4O3/c1-18(2,12-6-7-13-14(10-12)25-9-8-24-13)16(23)20-17-19-15(21-22-17)11-4-3-5-11/h6-7,10-11H,3-5,8-9H2,1-2H3,(H2,19,20,21,22,23). The van der Waals surface area contributed by atoms with Gasteiger partial charge in [0.25, 0.3) is 0 Å². The highest BCUT2D eigenvalue weighted by molar-refractivity contribution is 5.97. The van der Waals surface area contributed by atoms with E-state index in [4.69, 9.17) is 9.47 Å². The third-order valence-electron chi connectivity index (χ3n) is 5.05. The molecule has 0 bridgehead atoms. The Bertz CT molecular complexity index is 795.